The third-order valence-electron chi connectivity index (χ3n) is 2.45. The number of aromatic nitrogens is 1. The topological polar surface area (TPSA) is 114 Å². The first-order chi connectivity index (χ1) is 9.47. The number of nitrogens with zero attached hydrogens (tertiary/aromatic N) is 1. The maximum Gasteiger partial charge on any atom is 0.269 e. The molecule has 104 valence electrons. The van der Waals surface area contributed by atoms with E-state index in [1.165, 1.54) is 36.7 Å². The lowest BCUT2D eigenvalue weighted by Crippen LogP contribution is -2.29. The fraction of sp³-hybridized carbons (Fsp3) is 0. The van der Waals surface area contributed by atoms with Crippen LogP contribution in [0.4, 0.5) is 5.69 Å². The third-order valence-corrected chi connectivity index (χ3v) is 3.37. The Bertz CT molecular complexity index is 699. The predicted octanol–water partition coefficient (Wildman–Crippen LogP) is 0.486. The van der Waals surface area contributed by atoms with E-state index in [0.29, 0.717) is 11.3 Å². The lowest BCUT2D eigenvalue weighted by atomic mass is 10.2. The summed E-state index contributed by atoms with van der Waals surface area (Å²) in [5.41, 5.74) is 6.12. The first-order valence-corrected chi connectivity index (χ1v) is 7.11. The quantitative estimate of drug-likeness (QED) is 0.709. The number of rotatable bonds is 4. The minimum absolute atomic E-state index is 0.00325. The second kappa shape index (κ2) is 5.68. The zero-order valence-corrected chi connectivity index (χ0v) is 11.1. The second-order valence-corrected chi connectivity index (χ2v) is 5.45. The van der Waals surface area contributed by atoms with E-state index < -0.39 is 10.0 Å². The molecule has 1 aromatic heterocycles. The van der Waals surface area contributed by atoms with Gasteiger partial charge in [0.05, 0.1) is 10.6 Å². The maximum absolute atomic E-state index is 11.7. The highest BCUT2D eigenvalue weighted by Crippen LogP contribution is 2.11. The zero-order chi connectivity index (χ0) is 14.6. The van der Waals surface area contributed by atoms with Crippen LogP contribution in [0.5, 0.6) is 0 Å². The lowest BCUT2D eigenvalue weighted by Gasteiger charge is -2.08. The Balaban J connectivity index is 2.00. The van der Waals surface area contributed by atoms with Crippen LogP contribution in [0.25, 0.3) is 0 Å². The molecule has 0 fully saturated rings. The molecule has 0 bridgehead atoms. The van der Waals surface area contributed by atoms with Crippen molar-refractivity contribution >= 4 is 21.6 Å². The smallest absolute Gasteiger partial charge is 0.269 e. The van der Waals surface area contributed by atoms with Crippen molar-refractivity contribution in [2.24, 2.45) is 5.14 Å². The second-order valence-electron chi connectivity index (χ2n) is 3.88. The summed E-state index contributed by atoms with van der Waals surface area (Å²) in [5, 5.41) is 4.98. The molecule has 0 saturated heterocycles. The van der Waals surface area contributed by atoms with Crippen molar-refractivity contribution in [3.05, 3.63) is 54.4 Å². The van der Waals surface area contributed by atoms with Crippen molar-refractivity contribution in [1.82, 2.24) is 10.4 Å². The minimum atomic E-state index is -3.72. The zero-order valence-electron chi connectivity index (χ0n) is 10.3. The summed E-state index contributed by atoms with van der Waals surface area (Å²) in [6.07, 6.45) is 3.02. The minimum Gasteiger partial charge on any atom is -0.298 e. The van der Waals surface area contributed by atoms with Gasteiger partial charge in [-0.05, 0) is 36.4 Å². The van der Waals surface area contributed by atoms with Gasteiger partial charge in [-0.2, -0.15) is 0 Å². The fourth-order valence-electron chi connectivity index (χ4n) is 1.43. The Kier molecular flexibility index (Phi) is 3.97. The predicted molar refractivity (Wildman–Crippen MR) is 73.1 cm³/mol. The first kappa shape index (κ1) is 14.0. The summed E-state index contributed by atoms with van der Waals surface area (Å²) >= 11 is 0. The molecule has 2 rings (SSSR count). The molecular formula is C12H12N4O3S. The summed E-state index contributed by atoms with van der Waals surface area (Å²) < 4.78 is 22.2. The number of hydrogen-bond acceptors (Lipinski definition) is 5. The molecule has 7 nitrogen and oxygen atoms in total. The highest BCUT2D eigenvalue weighted by atomic mass is 32.2. The largest absolute Gasteiger partial charge is 0.298 e. The van der Waals surface area contributed by atoms with Crippen LogP contribution in [0, 0.1) is 0 Å². The van der Waals surface area contributed by atoms with Crippen molar-refractivity contribution in [3.8, 4) is 0 Å². The molecule has 0 aliphatic heterocycles. The van der Waals surface area contributed by atoms with Gasteiger partial charge in [0.15, 0.2) is 0 Å². The SMILES string of the molecule is NS(=O)(=O)c1ccc(NNC(=O)c2ccncc2)cc1. The van der Waals surface area contributed by atoms with Crippen molar-refractivity contribution in [3.63, 3.8) is 0 Å². The molecule has 1 aromatic carbocycles. The van der Waals surface area contributed by atoms with Crippen LogP contribution in [-0.2, 0) is 10.0 Å². The van der Waals surface area contributed by atoms with Crippen LogP contribution in [0.1, 0.15) is 10.4 Å². The number of nitrogens with one attached hydrogen (secondary N) is 2. The average Bonchev–Trinajstić information content (AvgIpc) is 2.45. The number of amides is 1. The number of nitrogens with two attached hydrogens (primary N) is 1. The van der Waals surface area contributed by atoms with Gasteiger partial charge in [0, 0.05) is 18.0 Å². The van der Waals surface area contributed by atoms with E-state index in [2.05, 4.69) is 15.8 Å². The molecule has 0 radical (unpaired) electrons. The van der Waals surface area contributed by atoms with E-state index >= 15 is 0 Å². The van der Waals surface area contributed by atoms with Gasteiger partial charge in [0.2, 0.25) is 10.0 Å². The Hall–Kier alpha value is -2.45. The van der Waals surface area contributed by atoms with Crippen LogP contribution >= 0.6 is 0 Å². The molecule has 2 aromatic rings. The molecular weight excluding hydrogens is 280 g/mol. The van der Waals surface area contributed by atoms with Gasteiger partial charge in [-0.3, -0.25) is 20.6 Å². The average molecular weight is 292 g/mol. The summed E-state index contributed by atoms with van der Waals surface area (Å²) in [4.78, 5) is 15.5. The molecule has 0 saturated carbocycles. The van der Waals surface area contributed by atoms with Crippen LogP contribution in [0.15, 0.2) is 53.7 Å². The molecule has 20 heavy (non-hydrogen) atoms. The van der Waals surface area contributed by atoms with Gasteiger partial charge in [-0.15, -0.1) is 0 Å². The van der Waals surface area contributed by atoms with Gasteiger partial charge in [-0.1, -0.05) is 0 Å². The maximum atomic E-state index is 11.7. The Morgan fingerprint density at radius 2 is 1.65 bits per heavy atom. The fourth-order valence-corrected chi connectivity index (χ4v) is 1.95. The molecule has 0 unspecified atom stereocenters. The highest BCUT2D eigenvalue weighted by Gasteiger charge is 2.07. The standard InChI is InChI=1S/C12H12N4O3S/c13-20(18,19)11-3-1-10(2-4-11)15-16-12(17)9-5-7-14-8-6-9/h1-8,15H,(H,16,17)(H2,13,18,19). The summed E-state index contributed by atoms with van der Waals surface area (Å²) in [5.74, 6) is -0.331. The van der Waals surface area contributed by atoms with Gasteiger partial charge in [0.1, 0.15) is 0 Å². The normalized spacial score (nSPS) is 10.8. The van der Waals surface area contributed by atoms with Gasteiger partial charge >= 0.3 is 0 Å². The number of carbonyl (C=O) groups is 1. The van der Waals surface area contributed by atoms with Crippen molar-refractivity contribution in [2.45, 2.75) is 4.90 Å². The first-order valence-electron chi connectivity index (χ1n) is 5.56. The Morgan fingerprint density at radius 3 is 2.20 bits per heavy atom. The molecule has 1 amide bonds. The van der Waals surface area contributed by atoms with E-state index in [4.69, 9.17) is 5.14 Å². The van der Waals surface area contributed by atoms with E-state index in [-0.39, 0.29) is 10.8 Å². The van der Waals surface area contributed by atoms with Gasteiger partial charge in [-0.25, -0.2) is 13.6 Å². The van der Waals surface area contributed by atoms with Gasteiger partial charge in [0.25, 0.3) is 5.91 Å². The highest BCUT2D eigenvalue weighted by molar-refractivity contribution is 7.89. The van der Waals surface area contributed by atoms with Crippen molar-refractivity contribution in [2.75, 3.05) is 5.43 Å². The summed E-state index contributed by atoms with van der Waals surface area (Å²) in [7, 11) is -3.72. The van der Waals surface area contributed by atoms with Crippen molar-refractivity contribution in [1.29, 1.82) is 0 Å². The summed E-state index contributed by atoms with van der Waals surface area (Å²) in [6.45, 7) is 0. The number of carbonyl (C=O) groups excluding carboxylic acids is 1. The van der Waals surface area contributed by atoms with E-state index in [1.54, 1.807) is 12.1 Å². The van der Waals surface area contributed by atoms with E-state index in [1.807, 2.05) is 0 Å². The number of benzene rings is 1. The van der Waals surface area contributed by atoms with Crippen molar-refractivity contribution < 1.29 is 13.2 Å². The van der Waals surface area contributed by atoms with E-state index in [9.17, 15) is 13.2 Å². The summed E-state index contributed by atoms with van der Waals surface area (Å²) in [6, 6.07) is 8.81. The number of pyridine rings is 1. The number of hydrazine groups is 1. The molecule has 4 N–H and O–H groups in total. The number of anilines is 1. The number of sulfonamides is 1. The van der Waals surface area contributed by atoms with E-state index in [0.717, 1.165) is 0 Å². The van der Waals surface area contributed by atoms with Crippen LogP contribution in [0.3, 0.4) is 0 Å². The van der Waals surface area contributed by atoms with Crippen LogP contribution in [-0.4, -0.2) is 19.3 Å². The molecule has 1 heterocycles. The third kappa shape index (κ3) is 3.53. The molecule has 8 heteroatoms. The molecule has 0 aliphatic carbocycles. The Labute approximate surface area is 115 Å². The lowest BCUT2D eigenvalue weighted by molar-refractivity contribution is 0.0962. The van der Waals surface area contributed by atoms with Gasteiger partial charge < -0.3 is 0 Å². The molecule has 0 spiro atoms. The number of primary sulfonamides is 1. The monoisotopic (exact) mass is 292 g/mol. The number of hydrogen-bond donors (Lipinski definition) is 3. The molecule has 0 aliphatic rings. The molecule has 0 atom stereocenters. The van der Waals surface area contributed by atoms with Crippen LogP contribution in [0.2, 0.25) is 0 Å². The van der Waals surface area contributed by atoms with Crippen LogP contribution < -0.4 is 16.0 Å². The Morgan fingerprint density at radius 1 is 1.05 bits per heavy atom.